The summed E-state index contributed by atoms with van der Waals surface area (Å²) in [6, 6.07) is 5.19. The Bertz CT molecular complexity index is 426. The zero-order valence-corrected chi connectivity index (χ0v) is 10.6. The van der Waals surface area contributed by atoms with Gasteiger partial charge in [0.1, 0.15) is 11.6 Å². The van der Waals surface area contributed by atoms with Crippen LogP contribution in [0.5, 0.6) is 0 Å². The summed E-state index contributed by atoms with van der Waals surface area (Å²) in [5.41, 5.74) is -0.333. The summed E-state index contributed by atoms with van der Waals surface area (Å²) >= 11 is 0. The fourth-order valence-corrected chi connectivity index (χ4v) is 1.34. The van der Waals surface area contributed by atoms with E-state index in [4.69, 9.17) is 4.74 Å². The van der Waals surface area contributed by atoms with E-state index in [-0.39, 0.29) is 0 Å². The zero-order valence-electron chi connectivity index (χ0n) is 10.6. The van der Waals surface area contributed by atoms with Gasteiger partial charge in [-0.05, 0) is 26.3 Å². The van der Waals surface area contributed by atoms with Crippen molar-refractivity contribution in [1.29, 1.82) is 0 Å². The Morgan fingerprint density at radius 3 is 2.22 bits per heavy atom. The van der Waals surface area contributed by atoms with Crippen molar-refractivity contribution < 1.29 is 18.7 Å². The monoisotopic (exact) mass is 253 g/mol. The molecule has 4 nitrogen and oxygen atoms in total. The topological polar surface area (TPSA) is 55.4 Å². The maximum absolute atomic E-state index is 12.9. The number of carbonyl (C=O) groups is 2. The van der Waals surface area contributed by atoms with E-state index in [1.165, 1.54) is 0 Å². The number of nitrogens with one attached hydrogen (secondary N) is 1. The van der Waals surface area contributed by atoms with Crippen LogP contribution in [-0.2, 0) is 9.53 Å². The highest BCUT2D eigenvalue weighted by Gasteiger charge is 2.25. The molecular weight excluding hydrogens is 237 g/mol. The number of alkyl carbamates (subject to hydrolysis) is 1. The normalized spacial score (nSPS) is 12.7. The molecule has 1 atom stereocenters. The summed E-state index contributed by atoms with van der Waals surface area (Å²) in [7, 11) is 0. The summed E-state index contributed by atoms with van der Waals surface area (Å²) in [6.45, 7) is 5.05. The average Bonchev–Trinajstić information content (AvgIpc) is 2.24. The molecule has 0 aromatic heterocycles. The SMILES string of the molecule is CC(C)(C)OC(=O)N[C@@H](C(=O)F)c1ccccc1. The van der Waals surface area contributed by atoms with Gasteiger partial charge in [0.25, 0.3) is 0 Å². The summed E-state index contributed by atoms with van der Waals surface area (Å²) in [5.74, 6) is 0. The van der Waals surface area contributed by atoms with E-state index < -0.39 is 23.8 Å². The highest BCUT2D eigenvalue weighted by Crippen LogP contribution is 2.15. The van der Waals surface area contributed by atoms with Gasteiger partial charge < -0.3 is 10.1 Å². The number of amides is 1. The standard InChI is InChI=1S/C13H16FNO3/c1-13(2,3)18-12(17)15-10(11(14)16)9-7-5-4-6-8-9/h4-8,10H,1-3H3,(H,15,17)/t10-/m1/s1. The minimum atomic E-state index is -1.63. The number of carbonyl (C=O) groups excluding carboxylic acids is 2. The van der Waals surface area contributed by atoms with Crippen LogP contribution in [-0.4, -0.2) is 17.7 Å². The Morgan fingerprint density at radius 1 is 1.22 bits per heavy atom. The quantitative estimate of drug-likeness (QED) is 0.843. The van der Waals surface area contributed by atoms with Crippen LogP contribution in [0.4, 0.5) is 9.18 Å². The van der Waals surface area contributed by atoms with Gasteiger partial charge in [0, 0.05) is 0 Å². The summed E-state index contributed by atoms with van der Waals surface area (Å²) in [4.78, 5) is 22.4. The van der Waals surface area contributed by atoms with Gasteiger partial charge in [0.05, 0.1) is 0 Å². The molecule has 1 amide bonds. The predicted octanol–water partition coefficient (Wildman–Crippen LogP) is 2.75. The number of benzene rings is 1. The first-order valence-electron chi connectivity index (χ1n) is 5.53. The molecule has 0 spiro atoms. The molecule has 1 aromatic carbocycles. The third-order valence-electron chi connectivity index (χ3n) is 2.02. The molecule has 0 saturated heterocycles. The van der Waals surface area contributed by atoms with Gasteiger partial charge >= 0.3 is 12.1 Å². The lowest BCUT2D eigenvalue weighted by Gasteiger charge is -2.21. The van der Waals surface area contributed by atoms with Crippen LogP contribution in [0.2, 0.25) is 0 Å². The Hall–Kier alpha value is -1.91. The van der Waals surface area contributed by atoms with Crippen molar-refractivity contribution in [2.24, 2.45) is 0 Å². The number of ether oxygens (including phenoxy) is 1. The molecule has 0 radical (unpaired) electrons. The molecule has 98 valence electrons. The number of hydrogen-bond donors (Lipinski definition) is 1. The highest BCUT2D eigenvalue weighted by molar-refractivity contribution is 5.82. The molecule has 18 heavy (non-hydrogen) atoms. The molecule has 0 fully saturated rings. The zero-order chi connectivity index (χ0) is 13.8. The smallest absolute Gasteiger partial charge is 0.408 e. The van der Waals surface area contributed by atoms with Crippen LogP contribution in [0.25, 0.3) is 0 Å². The molecular formula is C13H16FNO3. The van der Waals surface area contributed by atoms with Crippen molar-refractivity contribution in [1.82, 2.24) is 5.32 Å². The van der Waals surface area contributed by atoms with Crippen LogP contribution in [0.1, 0.15) is 32.4 Å². The van der Waals surface area contributed by atoms with Crippen molar-refractivity contribution in [3.63, 3.8) is 0 Å². The largest absolute Gasteiger partial charge is 0.444 e. The third kappa shape index (κ3) is 4.53. The molecule has 0 aliphatic heterocycles. The van der Waals surface area contributed by atoms with E-state index in [0.29, 0.717) is 5.56 Å². The van der Waals surface area contributed by atoms with Gasteiger partial charge in [-0.3, -0.25) is 4.79 Å². The molecule has 5 heteroatoms. The van der Waals surface area contributed by atoms with E-state index in [0.717, 1.165) is 0 Å². The minimum Gasteiger partial charge on any atom is -0.444 e. The van der Waals surface area contributed by atoms with Crippen LogP contribution in [0.15, 0.2) is 30.3 Å². The van der Waals surface area contributed by atoms with E-state index in [1.807, 2.05) is 0 Å². The molecule has 0 aliphatic carbocycles. The number of hydrogen-bond acceptors (Lipinski definition) is 3. The first-order valence-corrected chi connectivity index (χ1v) is 5.53. The molecule has 0 heterocycles. The van der Waals surface area contributed by atoms with Crippen molar-refractivity contribution in [2.45, 2.75) is 32.4 Å². The fraction of sp³-hybridized carbons (Fsp3) is 0.385. The van der Waals surface area contributed by atoms with Gasteiger partial charge in [0.2, 0.25) is 0 Å². The Morgan fingerprint density at radius 2 is 1.78 bits per heavy atom. The van der Waals surface area contributed by atoms with Gasteiger partial charge in [-0.2, -0.15) is 4.39 Å². The van der Waals surface area contributed by atoms with Gasteiger partial charge in [0.15, 0.2) is 0 Å². The first kappa shape index (κ1) is 14.2. The molecule has 1 aromatic rings. The fourth-order valence-electron chi connectivity index (χ4n) is 1.34. The first-order chi connectivity index (χ1) is 8.29. The van der Waals surface area contributed by atoms with E-state index in [9.17, 15) is 14.0 Å². The lowest BCUT2D eigenvalue weighted by molar-refractivity contribution is -0.131. The van der Waals surface area contributed by atoms with Crippen LogP contribution < -0.4 is 5.32 Å². The second-order valence-electron chi connectivity index (χ2n) is 4.79. The van der Waals surface area contributed by atoms with Crippen LogP contribution in [0.3, 0.4) is 0 Å². The third-order valence-corrected chi connectivity index (χ3v) is 2.02. The predicted molar refractivity (Wildman–Crippen MR) is 64.7 cm³/mol. The highest BCUT2D eigenvalue weighted by atomic mass is 19.1. The number of rotatable bonds is 3. The average molecular weight is 253 g/mol. The molecule has 0 bridgehead atoms. The Balaban J connectivity index is 2.77. The van der Waals surface area contributed by atoms with Gasteiger partial charge in [-0.1, -0.05) is 30.3 Å². The maximum Gasteiger partial charge on any atom is 0.408 e. The van der Waals surface area contributed by atoms with Crippen molar-refractivity contribution >= 4 is 12.1 Å². The summed E-state index contributed by atoms with van der Waals surface area (Å²) in [5, 5.41) is 2.20. The minimum absolute atomic E-state index is 0.371. The Kier molecular flexibility index (Phi) is 4.42. The second-order valence-corrected chi connectivity index (χ2v) is 4.79. The summed E-state index contributed by atoms with van der Waals surface area (Å²) < 4.78 is 17.9. The van der Waals surface area contributed by atoms with Crippen LogP contribution >= 0.6 is 0 Å². The van der Waals surface area contributed by atoms with E-state index in [2.05, 4.69) is 5.32 Å². The Labute approximate surface area is 105 Å². The van der Waals surface area contributed by atoms with Crippen molar-refractivity contribution in [2.75, 3.05) is 0 Å². The second kappa shape index (κ2) is 5.62. The van der Waals surface area contributed by atoms with Crippen LogP contribution in [0, 0.1) is 0 Å². The van der Waals surface area contributed by atoms with Crippen molar-refractivity contribution in [3.05, 3.63) is 35.9 Å². The van der Waals surface area contributed by atoms with E-state index >= 15 is 0 Å². The van der Waals surface area contributed by atoms with E-state index in [1.54, 1.807) is 51.1 Å². The lowest BCUT2D eigenvalue weighted by Crippen LogP contribution is -2.37. The molecule has 1 rings (SSSR count). The van der Waals surface area contributed by atoms with Gasteiger partial charge in [-0.25, -0.2) is 4.79 Å². The molecule has 0 saturated carbocycles. The summed E-state index contributed by atoms with van der Waals surface area (Å²) in [6.07, 6.45) is -0.831. The number of halogens is 1. The van der Waals surface area contributed by atoms with Crippen molar-refractivity contribution in [3.8, 4) is 0 Å². The lowest BCUT2D eigenvalue weighted by atomic mass is 10.1. The molecule has 1 N–H and O–H groups in total. The van der Waals surface area contributed by atoms with Gasteiger partial charge in [-0.15, -0.1) is 0 Å². The molecule has 0 unspecified atom stereocenters. The molecule has 0 aliphatic rings. The maximum atomic E-state index is 12.9.